The number of carboxylic acids is 1. The van der Waals surface area contributed by atoms with E-state index in [2.05, 4.69) is 5.32 Å². The molecular weight excluding hydrogens is 246 g/mol. The van der Waals surface area contributed by atoms with E-state index >= 15 is 0 Å². The first-order chi connectivity index (χ1) is 9.16. The van der Waals surface area contributed by atoms with E-state index in [0.717, 1.165) is 0 Å². The Bertz CT molecular complexity index is 597. The van der Waals surface area contributed by atoms with Crippen LogP contribution in [0.1, 0.15) is 20.9 Å². The zero-order valence-corrected chi connectivity index (χ0v) is 9.83. The van der Waals surface area contributed by atoms with Crippen molar-refractivity contribution < 1.29 is 19.1 Å². The number of furan rings is 1. The molecule has 0 bridgehead atoms. The minimum atomic E-state index is -1.23. The Morgan fingerprint density at radius 2 is 1.89 bits per heavy atom. The van der Waals surface area contributed by atoms with E-state index in [1.165, 1.54) is 30.7 Å². The minimum Gasteiger partial charge on any atom is -0.545 e. The van der Waals surface area contributed by atoms with Gasteiger partial charge in [-0.25, -0.2) is 0 Å². The third-order valence-electron chi connectivity index (χ3n) is 2.37. The Morgan fingerprint density at radius 1 is 1.16 bits per heavy atom. The van der Waals surface area contributed by atoms with Gasteiger partial charge in [0.05, 0.1) is 12.2 Å². The fraction of sp³-hybridized carbons (Fsp3) is 0. The molecule has 5 heteroatoms. The van der Waals surface area contributed by atoms with Crippen molar-refractivity contribution in [2.24, 2.45) is 0 Å². The largest absolute Gasteiger partial charge is 0.545 e. The van der Waals surface area contributed by atoms with E-state index < -0.39 is 5.97 Å². The monoisotopic (exact) mass is 256 g/mol. The first-order valence-corrected chi connectivity index (χ1v) is 5.49. The van der Waals surface area contributed by atoms with E-state index in [4.69, 9.17) is 4.42 Å². The van der Waals surface area contributed by atoms with Gasteiger partial charge in [-0.3, -0.25) is 4.79 Å². The second-order valence-electron chi connectivity index (χ2n) is 3.68. The zero-order chi connectivity index (χ0) is 13.7. The number of rotatable bonds is 5. The molecule has 0 aliphatic carbocycles. The average Bonchev–Trinajstić information content (AvgIpc) is 2.93. The van der Waals surface area contributed by atoms with Gasteiger partial charge in [0.2, 0.25) is 5.78 Å². The average molecular weight is 256 g/mol. The molecule has 1 heterocycles. The molecule has 0 atom stereocenters. The highest BCUT2D eigenvalue weighted by Gasteiger charge is 2.02. The topological polar surface area (TPSA) is 82.4 Å². The molecule has 2 aromatic rings. The van der Waals surface area contributed by atoms with Crippen molar-refractivity contribution in [3.63, 3.8) is 0 Å². The van der Waals surface area contributed by atoms with Crippen molar-refractivity contribution >= 4 is 17.4 Å². The SMILES string of the molecule is O=C([O-])c1ccc(N/C=C/C(=O)c2ccco2)cc1. The molecule has 1 N–H and O–H groups in total. The summed E-state index contributed by atoms with van der Waals surface area (Å²) < 4.78 is 4.94. The molecule has 0 amide bonds. The molecule has 0 spiro atoms. The van der Waals surface area contributed by atoms with E-state index in [9.17, 15) is 14.7 Å². The molecule has 0 fully saturated rings. The smallest absolute Gasteiger partial charge is 0.222 e. The Balaban J connectivity index is 1.95. The van der Waals surface area contributed by atoms with Crippen molar-refractivity contribution in [3.8, 4) is 0 Å². The lowest BCUT2D eigenvalue weighted by molar-refractivity contribution is -0.255. The van der Waals surface area contributed by atoms with E-state index in [0.29, 0.717) is 5.69 Å². The van der Waals surface area contributed by atoms with Crippen LogP contribution in [0.25, 0.3) is 0 Å². The minimum absolute atomic E-state index is 0.0983. The van der Waals surface area contributed by atoms with Crippen LogP contribution in [0.4, 0.5) is 5.69 Å². The second kappa shape index (κ2) is 5.68. The molecular formula is C14H10NO4-. The molecule has 19 heavy (non-hydrogen) atoms. The van der Waals surface area contributed by atoms with Gasteiger partial charge in [0.25, 0.3) is 0 Å². The Morgan fingerprint density at radius 3 is 2.47 bits per heavy atom. The Labute approximate surface area is 109 Å². The number of hydrogen-bond donors (Lipinski definition) is 1. The normalized spacial score (nSPS) is 10.5. The number of carbonyl (C=O) groups excluding carboxylic acids is 2. The number of allylic oxidation sites excluding steroid dienone is 1. The van der Waals surface area contributed by atoms with Gasteiger partial charge in [-0.1, -0.05) is 12.1 Å². The number of ketones is 1. The van der Waals surface area contributed by atoms with Crippen LogP contribution in [-0.2, 0) is 0 Å². The van der Waals surface area contributed by atoms with Gasteiger partial charge in [-0.05, 0) is 29.8 Å². The van der Waals surface area contributed by atoms with Crippen LogP contribution in [0, 0.1) is 0 Å². The van der Waals surface area contributed by atoms with Crippen LogP contribution in [-0.4, -0.2) is 11.8 Å². The summed E-state index contributed by atoms with van der Waals surface area (Å²) in [5, 5.41) is 13.4. The van der Waals surface area contributed by atoms with E-state index in [1.54, 1.807) is 24.3 Å². The molecule has 5 nitrogen and oxygen atoms in total. The second-order valence-corrected chi connectivity index (χ2v) is 3.68. The lowest BCUT2D eigenvalue weighted by atomic mass is 10.2. The fourth-order valence-corrected chi connectivity index (χ4v) is 1.42. The highest BCUT2D eigenvalue weighted by molar-refractivity contribution is 6.02. The number of carboxylic acid groups (broad SMARTS) is 1. The van der Waals surface area contributed by atoms with Gasteiger partial charge in [0, 0.05) is 18.0 Å². The van der Waals surface area contributed by atoms with E-state index in [-0.39, 0.29) is 17.1 Å². The molecule has 0 saturated heterocycles. The summed E-state index contributed by atoms with van der Waals surface area (Å²) in [6.45, 7) is 0. The highest BCUT2D eigenvalue weighted by atomic mass is 16.4. The maximum absolute atomic E-state index is 11.5. The van der Waals surface area contributed by atoms with Crippen molar-refractivity contribution in [3.05, 3.63) is 66.3 Å². The molecule has 1 aromatic carbocycles. The number of anilines is 1. The van der Waals surface area contributed by atoms with Crippen molar-refractivity contribution in [1.82, 2.24) is 0 Å². The lowest BCUT2D eigenvalue weighted by Gasteiger charge is -2.04. The van der Waals surface area contributed by atoms with Crippen molar-refractivity contribution in [2.75, 3.05) is 5.32 Å². The van der Waals surface area contributed by atoms with Crippen LogP contribution in [0.15, 0.2) is 59.4 Å². The Hall–Kier alpha value is -2.82. The zero-order valence-electron chi connectivity index (χ0n) is 9.83. The molecule has 0 aliphatic rings. The van der Waals surface area contributed by atoms with Crippen LogP contribution < -0.4 is 10.4 Å². The van der Waals surface area contributed by atoms with E-state index in [1.807, 2.05) is 0 Å². The van der Waals surface area contributed by atoms with Gasteiger partial charge in [0.1, 0.15) is 0 Å². The third kappa shape index (κ3) is 3.32. The maximum atomic E-state index is 11.5. The summed E-state index contributed by atoms with van der Waals surface area (Å²) in [4.78, 5) is 22.1. The maximum Gasteiger partial charge on any atom is 0.222 e. The van der Waals surface area contributed by atoms with Crippen molar-refractivity contribution in [2.45, 2.75) is 0 Å². The number of aromatic carboxylic acids is 1. The van der Waals surface area contributed by atoms with Gasteiger partial charge in [0.15, 0.2) is 5.76 Å². The third-order valence-corrected chi connectivity index (χ3v) is 2.37. The molecule has 0 unspecified atom stereocenters. The number of hydrogen-bond acceptors (Lipinski definition) is 5. The first-order valence-electron chi connectivity index (χ1n) is 5.49. The predicted octanol–water partition coefficient (Wildman–Crippen LogP) is 1.45. The summed E-state index contributed by atoms with van der Waals surface area (Å²) in [6, 6.07) is 9.19. The summed E-state index contributed by atoms with van der Waals surface area (Å²) >= 11 is 0. The predicted molar refractivity (Wildman–Crippen MR) is 66.6 cm³/mol. The first kappa shape index (κ1) is 12.6. The molecule has 96 valence electrons. The summed E-state index contributed by atoms with van der Waals surface area (Å²) in [7, 11) is 0. The Kier molecular flexibility index (Phi) is 3.78. The van der Waals surface area contributed by atoms with Crippen LogP contribution in [0.2, 0.25) is 0 Å². The summed E-state index contributed by atoms with van der Waals surface area (Å²) in [5.74, 6) is -1.23. The molecule has 0 aliphatic heterocycles. The molecule has 0 saturated carbocycles. The summed E-state index contributed by atoms with van der Waals surface area (Å²) in [5.41, 5.74) is 0.759. The number of carbonyl (C=O) groups is 2. The molecule has 1 aromatic heterocycles. The quantitative estimate of drug-likeness (QED) is 0.646. The fourth-order valence-electron chi connectivity index (χ4n) is 1.42. The van der Waals surface area contributed by atoms with Crippen molar-refractivity contribution in [1.29, 1.82) is 0 Å². The van der Waals surface area contributed by atoms with Crippen LogP contribution >= 0.6 is 0 Å². The lowest BCUT2D eigenvalue weighted by Crippen LogP contribution is -2.21. The highest BCUT2D eigenvalue weighted by Crippen LogP contribution is 2.09. The standard InChI is InChI=1S/C14H11NO4/c16-12(13-2-1-9-19-13)7-8-15-11-5-3-10(4-6-11)14(17)18/h1-9,15H,(H,17,18)/p-1/b8-7+. The van der Waals surface area contributed by atoms with Gasteiger partial charge in [-0.15, -0.1) is 0 Å². The number of nitrogens with one attached hydrogen (secondary N) is 1. The van der Waals surface area contributed by atoms with Gasteiger partial charge in [-0.2, -0.15) is 0 Å². The number of benzene rings is 1. The van der Waals surface area contributed by atoms with Gasteiger partial charge >= 0.3 is 0 Å². The van der Waals surface area contributed by atoms with Gasteiger partial charge < -0.3 is 19.6 Å². The molecule has 2 rings (SSSR count). The summed E-state index contributed by atoms with van der Waals surface area (Å²) in [6.07, 6.45) is 4.21. The van der Waals surface area contributed by atoms with Crippen LogP contribution in [0.3, 0.4) is 0 Å². The van der Waals surface area contributed by atoms with Crippen LogP contribution in [0.5, 0.6) is 0 Å². The molecule has 0 radical (unpaired) electrons.